The van der Waals surface area contributed by atoms with Crippen LogP contribution in [0.1, 0.15) is 19.8 Å². The Hall–Kier alpha value is -0.330. The van der Waals surface area contributed by atoms with Crippen molar-refractivity contribution in [3.8, 4) is 0 Å². The zero-order valence-corrected chi connectivity index (χ0v) is 9.43. The van der Waals surface area contributed by atoms with Gasteiger partial charge in [0.15, 0.2) is 0 Å². The molecule has 0 spiro atoms. The highest BCUT2D eigenvalue weighted by Gasteiger charge is 2.32. The molecule has 3 nitrogen and oxygen atoms in total. The lowest BCUT2D eigenvalue weighted by atomic mass is 10.0. The van der Waals surface area contributed by atoms with Gasteiger partial charge in [-0.05, 0) is 32.9 Å². The van der Waals surface area contributed by atoms with E-state index in [1.54, 1.807) is 6.92 Å². The van der Waals surface area contributed by atoms with Crippen molar-refractivity contribution in [2.45, 2.75) is 38.1 Å². The summed E-state index contributed by atoms with van der Waals surface area (Å²) < 4.78 is 36.3. The first kappa shape index (κ1) is 13.7. The lowest BCUT2D eigenvalue weighted by molar-refractivity contribution is -0.148. The van der Waals surface area contributed by atoms with Crippen LogP contribution >= 0.6 is 0 Å². The molecule has 0 aromatic carbocycles. The van der Waals surface area contributed by atoms with Crippen molar-refractivity contribution < 1.29 is 18.3 Å². The summed E-state index contributed by atoms with van der Waals surface area (Å²) in [6, 6.07) is 0.235. The second kappa shape index (κ2) is 5.84. The highest BCUT2D eigenvalue weighted by Crippen LogP contribution is 2.19. The third-order valence-corrected chi connectivity index (χ3v) is 2.69. The third-order valence-electron chi connectivity index (χ3n) is 2.69. The maximum absolute atomic E-state index is 12.1. The number of piperidine rings is 1. The molecule has 16 heavy (non-hydrogen) atoms. The van der Waals surface area contributed by atoms with E-state index in [4.69, 9.17) is 5.11 Å². The Bertz CT molecular complexity index is 201. The Balaban J connectivity index is 2.18. The summed E-state index contributed by atoms with van der Waals surface area (Å²) in [5.41, 5.74) is 0. The molecular weight excluding hydrogens is 221 g/mol. The Morgan fingerprint density at radius 2 is 1.94 bits per heavy atom. The predicted molar refractivity (Wildman–Crippen MR) is 55.2 cm³/mol. The van der Waals surface area contributed by atoms with Crippen LogP contribution in [-0.2, 0) is 0 Å². The monoisotopic (exact) mass is 240 g/mol. The van der Waals surface area contributed by atoms with Crippen molar-refractivity contribution in [2.24, 2.45) is 0 Å². The Kier molecular flexibility index (Phi) is 5.01. The van der Waals surface area contributed by atoms with Crippen LogP contribution in [0.2, 0.25) is 0 Å². The number of alkyl halides is 3. The molecule has 1 rings (SSSR count). The quantitative estimate of drug-likeness (QED) is 0.769. The van der Waals surface area contributed by atoms with E-state index in [1.165, 1.54) is 4.90 Å². The van der Waals surface area contributed by atoms with Gasteiger partial charge < -0.3 is 10.4 Å². The summed E-state index contributed by atoms with van der Waals surface area (Å²) in [4.78, 5) is 1.43. The number of aliphatic hydroxyl groups excluding tert-OH is 1. The van der Waals surface area contributed by atoms with Gasteiger partial charge in [-0.2, -0.15) is 13.2 Å². The lowest BCUT2D eigenvalue weighted by Crippen LogP contribution is -2.46. The molecule has 1 aliphatic rings. The summed E-state index contributed by atoms with van der Waals surface area (Å²) in [5, 5.41) is 12.2. The lowest BCUT2D eigenvalue weighted by Gasteiger charge is -2.33. The molecule has 1 atom stereocenters. The molecule has 6 heteroatoms. The number of likely N-dealkylation sites (tertiary alicyclic amines) is 1. The van der Waals surface area contributed by atoms with Crippen molar-refractivity contribution in [2.75, 3.05) is 26.2 Å². The molecule has 0 aromatic heterocycles. The molecule has 1 fully saturated rings. The molecular formula is C10H19F3N2O. The zero-order chi connectivity index (χ0) is 12.2. The van der Waals surface area contributed by atoms with Crippen molar-refractivity contribution >= 4 is 0 Å². The van der Waals surface area contributed by atoms with Crippen LogP contribution in [-0.4, -0.2) is 54.5 Å². The van der Waals surface area contributed by atoms with Gasteiger partial charge in [-0.25, -0.2) is 0 Å². The molecule has 0 unspecified atom stereocenters. The molecule has 2 N–H and O–H groups in total. The van der Waals surface area contributed by atoms with E-state index < -0.39 is 18.8 Å². The number of hydrogen-bond acceptors (Lipinski definition) is 3. The van der Waals surface area contributed by atoms with Gasteiger partial charge in [0.05, 0.1) is 12.6 Å². The minimum Gasteiger partial charge on any atom is -0.392 e. The van der Waals surface area contributed by atoms with Gasteiger partial charge in [-0.3, -0.25) is 4.90 Å². The number of nitrogens with zero attached hydrogens (tertiary/aromatic N) is 1. The van der Waals surface area contributed by atoms with Crippen molar-refractivity contribution in [3.63, 3.8) is 0 Å². The molecule has 0 bridgehead atoms. The second-order valence-corrected chi connectivity index (χ2v) is 4.42. The number of halogens is 3. The topological polar surface area (TPSA) is 35.5 Å². The fourth-order valence-corrected chi connectivity index (χ4v) is 1.89. The number of rotatable bonds is 4. The number of aliphatic hydroxyl groups is 1. The first-order valence-electron chi connectivity index (χ1n) is 5.57. The molecule has 1 aliphatic heterocycles. The fraction of sp³-hybridized carbons (Fsp3) is 1.00. The van der Waals surface area contributed by atoms with E-state index in [1.807, 2.05) is 0 Å². The molecule has 0 aliphatic carbocycles. The maximum atomic E-state index is 12.1. The van der Waals surface area contributed by atoms with Crippen LogP contribution in [0.15, 0.2) is 0 Å². The van der Waals surface area contributed by atoms with Crippen LogP contribution in [0.5, 0.6) is 0 Å². The standard InChI is InChI=1S/C10H19F3N2O/c1-8(16)6-14-9-2-4-15(5-3-9)7-10(11,12)13/h8-9,14,16H,2-7H2,1H3/t8-/m0/s1. The van der Waals surface area contributed by atoms with E-state index in [0.717, 1.165) is 0 Å². The van der Waals surface area contributed by atoms with Crippen LogP contribution in [0.3, 0.4) is 0 Å². The van der Waals surface area contributed by atoms with E-state index in [-0.39, 0.29) is 6.04 Å². The summed E-state index contributed by atoms with van der Waals surface area (Å²) in [5.74, 6) is 0. The van der Waals surface area contributed by atoms with Gasteiger partial charge in [0.2, 0.25) is 0 Å². The summed E-state index contributed by atoms with van der Waals surface area (Å²) >= 11 is 0. The van der Waals surface area contributed by atoms with Gasteiger partial charge in [0, 0.05) is 12.6 Å². The van der Waals surface area contributed by atoms with E-state index >= 15 is 0 Å². The van der Waals surface area contributed by atoms with E-state index in [2.05, 4.69) is 5.32 Å². The van der Waals surface area contributed by atoms with E-state index in [0.29, 0.717) is 32.5 Å². The smallest absolute Gasteiger partial charge is 0.392 e. The molecule has 96 valence electrons. The van der Waals surface area contributed by atoms with Crippen LogP contribution in [0.4, 0.5) is 13.2 Å². The van der Waals surface area contributed by atoms with Gasteiger partial charge >= 0.3 is 6.18 Å². The average molecular weight is 240 g/mol. The Morgan fingerprint density at radius 1 is 1.38 bits per heavy atom. The normalized spacial score (nSPS) is 22.3. The van der Waals surface area contributed by atoms with Crippen LogP contribution in [0, 0.1) is 0 Å². The molecule has 0 aromatic rings. The minimum absolute atomic E-state index is 0.235. The third kappa shape index (κ3) is 5.67. The number of hydrogen-bond donors (Lipinski definition) is 2. The molecule has 0 amide bonds. The zero-order valence-electron chi connectivity index (χ0n) is 9.43. The Morgan fingerprint density at radius 3 is 2.38 bits per heavy atom. The van der Waals surface area contributed by atoms with Crippen molar-refractivity contribution in [3.05, 3.63) is 0 Å². The largest absolute Gasteiger partial charge is 0.401 e. The Labute approximate surface area is 93.6 Å². The molecule has 1 saturated heterocycles. The SMILES string of the molecule is C[C@H](O)CNC1CCN(CC(F)(F)F)CC1. The highest BCUT2D eigenvalue weighted by molar-refractivity contribution is 4.78. The highest BCUT2D eigenvalue weighted by atomic mass is 19.4. The van der Waals surface area contributed by atoms with Crippen LogP contribution < -0.4 is 5.32 Å². The molecule has 0 radical (unpaired) electrons. The minimum atomic E-state index is -4.10. The van der Waals surface area contributed by atoms with Crippen molar-refractivity contribution in [1.29, 1.82) is 0 Å². The fourth-order valence-electron chi connectivity index (χ4n) is 1.89. The van der Waals surface area contributed by atoms with Crippen LogP contribution in [0.25, 0.3) is 0 Å². The summed E-state index contributed by atoms with van der Waals surface area (Å²) in [7, 11) is 0. The predicted octanol–water partition coefficient (Wildman–Crippen LogP) is 0.984. The number of nitrogens with one attached hydrogen (secondary N) is 1. The summed E-state index contributed by atoms with van der Waals surface area (Å²) in [6.07, 6.45) is -3.08. The first-order chi connectivity index (χ1) is 7.37. The van der Waals surface area contributed by atoms with Gasteiger partial charge in [-0.1, -0.05) is 0 Å². The maximum Gasteiger partial charge on any atom is 0.401 e. The van der Waals surface area contributed by atoms with Gasteiger partial charge in [0.1, 0.15) is 0 Å². The van der Waals surface area contributed by atoms with Gasteiger partial charge in [-0.15, -0.1) is 0 Å². The first-order valence-corrected chi connectivity index (χ1v) is 5.57. The molecule has 1 heterocycles. The molecule has 0 saturated carbocycles. The van der Waals surface area contributed by atoms with E-state index in [9.17, 15) is 13.2 Å². The van der Waals surface area contributed by atoms with Crippen molar-refractivity contribution in [1.82, 2.24) is 10.2 Å². The second-order valence-electron chi connectivity index (χ2n) is 4.42. The average Bonchev–Trinajstić information content (AvgIpc) is 2.14. The summed E-state index contributed by atoms with van der Waals surface area (Å²) in [6.45, 7) is 2.32. The van der Waals surface area contributed by atoms with Gasteiger partial charge in [0.25, 0.3) is 0 Å².